The van der Waals surface area contributed by atoms with Gasteiger partial charge in [-0.2, -0.15) is 26.3 Å². The van der Waals surface area contributed by atoms with Gasteiger partial charge in [-0.3, -0.25) is 9.69 Å². The molecule has 0 saturated heterocycles. The van der Waals surface area contributed by atoms with E-state index in [1.807, 2.05) is 0 Å². The fraction of sp³-hybridized carbons (Fsp3) is 0.417. The zero-order valence-electron chi connectivity index (χ0n) is 19.7. The van der Waals surface area contributed by atoms with Crippen LogP contribution in [-0.2, 0) is 17.1 Å². The highest BCUT2D eigenvalue weighted by atomic mass is 19.4. The van der Waals surface area contributed by atoms with E-state index < -0.39 is 52.9 Å². The fourth-order valence-corrected chi connectivity index (χ4v) is 4.20. The molecule has 12 heteroatoms. The number of hydrogen-bond acceptors (Lipinski definition) is 5. The molecule has 1 aliphatic rings. The molecule has 1 aliphatic heterocycles. The molecule has 0 spiro atoms. The van der Waals surface area contributed by atoms with Crippen molar-refractivity contribution in [2.45, 2.75) is 44.6 Å². The summed E-state index contributed by atoms with van der Waals surface area (Å²) in [4.78, 5) is 27.4. The molecular formula is C24H23F6NO5. The summed E-state index contributed by atoms with van der Waals surface area (Å²) in [5, 5.41) is 0. The number of nitrogens with zero attached hydrogens (tertiary/aromatic N) is 1. The normalized spacial score (nSPS) is 17.9. The van der Waals surface area contributed by atoms with Gasteiger partial charge in [0.05, 0.1) is 43.6 Å². The lowest BCUT2D eigenvalue weighted by atomic mass is 9.80. The van der Waals surface area contributed by atoms with Gasteiger partial charge in [-0.05, 0) is 50.1 Å². The molecular weight excluding hydrogens is 496 g/mol. The topological polar surface area (TPSA) is 65.1 Å². The van der Waals surface area contributed by atoms with Gasteiger partial charge >= 0.3 is 18.4 Å². The Hall–Kier alpha value is -3.44. The Bertz CT molecular complexity index is 1130. The maximum absolute atomic E-state index is 13.5. The Kier molecular flexibility index (Phi) is 7.47. The molecule has 0 N–H and O–H groups in total. The van der Waals surface area contributed by atoms with Gasteiger partial charge in [-0.1, -0.05) is 0 Å². The van der Waals surface area contributed by atoms with Crippen molar-refractivity contribution in [3.63, 3.8) is 0 Å². The average molecular weight is 519 g/mol. The highest BCUT2D eigenvalue weighted by Crippen LogP contribution is 2.46. The second-order valence-corrected chi connectivity index (χ2v) is 8.13. The first-order valence-electron chi connectivity index (χ1n) is 10.8. The Labute approximate surface area is 202 Å². The lowest BCUT2D eigenvalue weighted by Crippen LogP contribution is -2.44. The summed E-state index contributed by atoms with van der Waals surface area (Å²) in [6.07, 6.45) is -11.0. The summed E-state index contributed by atoms with van der Waals surface area (Å²) in [5.41, 5.74) is -3.59. The van der Waals surface area contributed by atoms with E-state index in [0.717, 1.165) is 0 Å². The standard InChI is InChI=1S/C24H23F6NO5/c1-5-36-22(33)31-12(2)6-17(16-10-19(34-3)20(35-4)11-18(16)31)21(32)13-7-14(23(25,26)27)9-15(8-13)24(28,29)30/h7-12,17H,5-6H2,1-4H3/t12-,17+/m1/s1. The van der Waals surface area contributed by atoms with Gasteiger partial charge in [0.15, 0.2) is 17.3 Å². The van der Waals surface area contributed by atoms with Crippen LogP contribution >= 0.6 is 0 Å². The van der Waals surface area contributed by atoms with Gasteiger partial charge in [0.25, 0.3) is 0 Å². The molecule has 0 bridgehead atoms. The van der Waals surface area contributed by atoms with Crippen LogP contribution in [-0.4, -0.2) is 38.7 Å². The number of amides is 1. The number of carbonyl (C=O) groups excluding carboxylic acids is 2. The van der Waals surface area contributed by atoms with Crippen molar-refractivity contribution in [1.82, 2.24) is 0 Å². The lowest BCUT2D eigenvalue weighted by Gasteiger charge is -2.38. The smallest absolute Gasteiger partial charge is 0.416 e. The van der Waals surface area contributed by atoms with Crippen LogP contribution in [0.1, 0.15) is 53.2 Å². The first-order chi connectivity index (χ1) is 16.7. The molecule has 2 aromatic rings. The Morgan fingerprint density at radius 3 is 1.92 bits per heavy atom. The molecule has 1 heterocycles. The van der Waals surface area contributed by atoms with Crippen molar-refractivity contribution in [3.8, 4) is 11.5 Å². The Morgan fingerprint density at radius 1 is 0.917 bits per heavy atom. The van der Waals surface area contributed by atoms with Crippen LogP contribution < -0.4 is 14.4 Å². The van der Waals surface area contributed by atoms with Gasteiger partial charge in [-0.15, -0.1) is 0 Å². The number of methoxy groups -OCH3 is 2. The third-order valence-corrected chi connectivity index (χ3v) is 5.84. The van der Waals surface area contributed by atoms with Crippen molar-refractivity contribution in [2.75, 3.05) is 25.7 Å². The largest absolute Gasteiger partial charge is 0.493 e. The number of benzene rings is 2. The predicted molar refractivity (Wildman–Crippen MR) is 117 cm³/mol. The molecule has 196 valence electrons. The van der Waals surface area contributed by atoms with E-state index in [-0.39, 0.29) is 41.8 Å². The number of anilines is 1. The van der Waals surface area contributed by atoms with Crippen molar-refractivity contribution in [1.29, 1.82) is 0 Å². The first kappa shape index (κ1) is 27.2. The number of fused-ring (bicyclic) bond motifs is 1. The van der Waals surface area contributed by atoms with Crippen LogP contribution in [0.2, 0.25) is 0 Å². The molecule has 0 radical (unpaired) electrons. The Morgan fingerprint density at radius 2 is 1.44 bits per heavy atom. The molecule has 0 aromatic heterocycles. The zero-order valence-corrected chi connectivity index (χ0v) is 19.7. The summed E-state index contributed by atoms with van der Waals surface area (Å²) in [6.45, 7) is 3.24. The van der Waals surface area contributed by atoms with E-state index in [1.54, 1.807) is 13.8 Å². The minimum absolute atomic E-state index is 0.0371. The van der Waals surface area contributed by atoms with Gasteiger partial charge in [0, 0.05) is 17.7 Å². The number of carbonyl (C=O) groups is 2. The maximum Gasteiger partial charge on any atom is 0.416 e. The molecule has 2 atom stereocenters. The molecule has 36 heavy (non-hydrogen) atoms. The molecule has 1 amide bonds. The number of Topliss-reactive ketones (excluding diaryl/α,β-unsaturated/α-hetero) is 1. The van der Waals surface area contributed by atoms with E-state index in [9.17, 15) is 35.9 Å². The third-order valence-electron chi connectivity index (χ3n) is 5.84. The van der Waals surface area contributed by atoms with E-state index in [1.165, 1.54) is 31.3 Å². The molecule has 6 nitrogen and oxygen atoms in total. The van der Waals surface area contributed by atoms with Gasteiger partial charge in [-0.25, -0.2) is 4.79 Å². The maximum atomic E-state index is 13.5. The zero-order chi connectivity index (χ0) is 27.0. The number of ether oxygens (including phenoxy) is 3. The second kappa shape index (κ2) is 9.90. The first-order valence-corrected chi connectivity index (χ1v) is 10.8. The summed E-state index contributed by atoms with van der Waals surface area (Å²) in [6, 6.07) is 2.88. The van der Waals surface area contributed by atoms with E-state index in [0.29, 0.717) is 12.1 Å². The molecule has 3 rings (SSSR count). The third kappa shape index (κ3) is 5.21. The highest BCUT2D eigenvalue weighted by molar-refractivity contribution is 6.04. The van der Waals surface area contributed by atoms with Crippen LogP contribution in [0.25, 0.3) is 0 Å². The van der Waals surface area contributed by atoms with Gasteiger partial charge < -0.3 is 14.2 Å². The number of hydrogen-bond donors (Lipinski definition) is 0. The Balaban J connectivity index is 2.21. The summed E-state index contributed by atoms with van der Waals surface area (Å²) in [7, 11) is 2.66. The minimum Gasteiger partial charge on any atom is -0.493 e. The monoisotopic (exact) mass is 519 g/mol. The molecule has 0 fully saturated rings. The van der Waals surface area contributed by atoms with Gasteiger partial charge in [0.1, 0.15) is 0 Å². The number of rotatable bonds is 5. The summed E-state index contributed by atoms with van der Waals surface area (Å²) in [5.74, 6) is -1.78. The van der Waals surface area contributed by atoms with E-state index in [2.05, 4.69) is 0 Å². The van der Waals surface area contributed by atoms with Crippen LogP contribution in [0.4, 0.5) is 36.8 Å². The van der Waals surface area contributed by atoms with Crippen molar-refractivity contribution in [2.24, 2.45) is 0 Å². The summed E-state index contributed by atoms with van der Waals surface area (Å²) >= 11 is 0. The van der Waals surface area contributed by atoms with Crippen LogP contribution in [0.5, 0.6) is 11.5 Å². The van der Waals surface area contributed by atoms with Crippen molar-refractivity contribution < 1.29 is 50.1 Å². The van der Waals surface area contributed by atoms with E-state index >= 15 is 0 Å². The SMILES string of the molecule is CCOC(=O)N1c2cc(OC)c(OC)cc2[C@@H](C(=O)c2cc(C(F)(F)F)cc(C(F)(F)F)c2)C[C@H]1C. The average Bonchev–Trinajstić information content (AvgIpc) is 2.80. The van der Waals surface area contributed by atoms with Crippen LogP contribution in [0, 0.1) is 0 Å². The summed E-state index contributed by atoms with van der Waals surface area (Å²) < 4.78 is 95.9. The number of ketones is 1. The quantitative estimate of drug-likeness (QED) is 0.335. The van der Waals surface area contributed by atoms with Crippen molar-refractivity contribution in [3.05, 3.63) is 52.6 Å². The molecule has 0 saturated carbocycles. The van der Waals surface area contributed by atoms with Crippen LogP contribution in [0.3, 0.4) is 0 Å². The minimum atomic E-state index is -5.11. The molecule has 2 aromatic carbocycles. The molecule has 0 unspecified atom stereocenters. The highest BCUT2D eigenvalue weighted by Gasteiger charge is 2.42. The predicted octanol–water partition coefficient (Wildman–Crippen LogP) is 6.46. The second-order valence-electron chi connectivity index (χ2n) is 8.13. The number of alkyl halides is 6. The van der Waals surface area contributed by atoms with Gasteiger partial charge in [0.2, 0.25) is 0 Å². The van der Waals surface area contributed by atoms with Crippen molar-refractivity contribution >= 4 is 17.6 Å². The van der Waals surface area contributed by atoms with E-state index in [4.69, 9.17) is 14.2 Å². The lowest BCUT2D eigenvalue weighted by molar-refractivity contribution is -0.143. The fourth-order valence-electron chi connectivity index (χ4n) is 4.20. The van der Waals surface area contributed by atoms with Crippen LogP contribution in [0.15, 0.2) is 30.3 Å². The number of halogens is 6. The molecule has 0 aliphatic carbocycles.